The monoisotopic (exact) mass is 203 g/mol. The lowest BCUT2D eigenvalue weighted by molar-refractivity contribution is -0.117. The number of carbonyl (C=O) groups is 1. The summed E-state index contributed by atoms with van der Waals surface area (Å²) in [6, 6.07) is 7.77. The number of carbonyl (C=O) groups excluding carboxylic acids is 1. The van der Waals surface area contributed by atoms with Gasteiger partial charge in [0.05, 0.1) is 13.2 Å². The highest BCUT2D eigenvalue weighted by Gasteiger charge is 2.18. The lowest BCUT2D eigenvalue weighted by Gasteiger charge is -2.21. The molecule has 1 N–H and O–H groups in total. The van der Waals surface area contributed by atoms with E-state index in [1.54, 1.807) is 13.2 Å². The highest BCUT2D eigenvalue weighted by atomic mass is 16.5. The van der Waals surface area contributed by atoms with E-state index in [0.717, 1.165) is 17.7 Å². The highest BCUT2D eigenvalue weighted by Crippen LogP contribution is 2.28. The van der Waals surface area contributed by atoms with Crippen molar-refractivity contribution in [3.8, 4) is 5.75 Å². The minimum atomic E-state index is -0.0443. The van der Waals surface area contributed by atoms with Gasteiger partial charge in [0.2, 0.25) is 5.91 Å². The van der Waals surface area contributed by atoms with Gasteiger partial charge in [0.1, 0.15) is 5.75 Å². The van der Waals surface area contributed by atoms with Crippen LogP contribution >= 0.6 is 0 Å². The molecule has 0 spiro atoms. The van der Waals surface area contributed by atoms with E-state index < -0.39 is 0 Å². The maximum atomic E-state index is 11.2. The van der Waals surface area contributed by atoms with Crippen LogP contribution in [0.5, 0.6) is 5.75 Å². The SMILES string of the molecule is COc1ccccc1[C@@H]1CC=CC(=O)N1. The predicted molar refractivity (Wildman–Crippen MR) is 57.6 cm³/mol. The average Bonchev–Trinajstić information content (AvgIpc) is 2.29. The normalized spacial score (nSPS) is 19.8. The first-order chi connectivity index (χ1) is 7.31. The van der Waals surface area contributed by atoms with Crippen LogP contribution in [0.3, 0.4) is 0 Å². The number of amides is 1. The van der Waals surface area contributed by atoms with Crippen molar-refractivity contribution in [3.63, 3.8) is 0 Å². The molecule has 1 aliphatic heterocycles. The van der Waals surface area contributed by atoms with Crippen molar-refractivity contribution < 1.29 is 9.53 Å². The van der Waals surface area contributed by atoms with Crippen LogP contribution in [0, 0.1) is 0 Å². The average molecular weight is 203 g/mol. The molecular weight excluding hydrogens is 190 g/mol. The van der Waals surface area contributed by atoms with Crippen LogP contribution in [-0.4, -0.2) is 13.0 Å². The Morgan fingerprint density at radius 1 is 1.40 bits per heavy atom. The standard InChI is InChI=1S/C12H13NO2/c1-15-11-7-3-2-5-9(11)10-6-4-8-12(14)13-10/h2-5,7-8,10H,6H2,1H3,(H,13,14)/t10-/m0/s1. The molecule has 3 heteroatoms. The van der Waals surface area contributed by atoms with Gasteiger partial charge in [-0.1, -0.05) is 24.3 Å². The molecule has 2 rings (SSSR count). The Kier molecular flexibility index (Phi) is 2.72. The quantitative estimate of drug-likeness (QED) is 0.796. The van der Waals surface area contributed by atoms with Crippen molar-refractivity contribution in [1.82, 2.24) is 5.32 Å². The Morgan fingerprint density at radius 2 is 2.20 bits per heavy atom. The van der Waals surface area contributed by atoms with Gasteiger partial charge in [0, 0.05) is 5.56 Å². The second-order valence-corrected chi connectivity index (χ2v) is 3.44. The van der Waals surface area contributed by atoms with E-state index in [1.165, 1.54) is 0 Å². The molecule has 1 heterocycles. The molecule has 3 nitrogen and oxygen atoms in total. The van der Waals surface area contributed by atoms with E-state index in [0.29, 0.717) is 0 Å². The first-order valence-corrected chi connectivity index (χ1v) is 4.91. The molecule has 0 saturated heterocycles. The van der Waals surface area contributed by atoms with Crippen molar-refractivity contribution in [2.24, 2.45) is 0 Å². The third-order valence-electron chi connectivity index (χ3n) is 2.47. The van der Waals surface area contributed by atoms with Crippen LogP contribution in [0.4, 0.5) is 0 Å². The Morgan fingerprint density at radius 3 is 2.93 bits per heavy atom. The number of hydrogen-bond acceptors (Lipinski definition) is 2. The first-order valence-electron chi connectivity index (χ1n) is 4.91. The Bertz CT molecular complexity index is 398. The van der Waals surface area contributed by atoms with E-state index in [9.17, 15) is 4.79 Å². The van der Waals surface area contributed by atoms with Gasteiger partial charge in [-0.3, -0.25) is 4.79 Å². The highest BCUT2D eigenvalue weighted by molar-refractivity contribution is 5.88. The summed E-state index contributed by atoms with van der Waals surface area (Å²) < 4.78 is 5.26. The number of methoxy groups -OCH3 is 1. The van der Waals surface area contributed by atoms with Gasteiger partial charge < -0.3 is 10.1 Å². The van der Waals surface area contributed by atoms with Crippen LogP contribution in [0.25, 0.3) is 0 Å². The minimum Gasteiger partial charge on any atom is -0.496 e. The van der Waals surface area contributed by atoms with Crippen molar-refractivity contribution in [3.05, 3.63) is 42.0 Å². The third kappa shape index (κ3) is 2.01. The van der Waals surface area contributed by atoms with E-state index >= 15 is 0 Å². The Balaban J connectivity index is 2.29. The second kappa shape index (κ2) is 4.17. The van der Waals surface area contributed by atoms with Crippen LogP contribution in [0.15, 0.2) is 36.4 Å². The summed E-state index contributed by atoms with van der Waals surface area (Å²) in [7, 11) is 1.64. The molecule has 0 unspecified atom stereocenters. The van der Waals surface area contributed by atoms with Gasteiger partial charge in [0.15, 0.2) is 0 Å². The number of nitrogens with one attached hydrogen (secondary N) is 1. The van der Waals surface area contributed by atoms with Gasteiger partial charge in [-0.15, -0.1) is 0 Å². The van der Waals surface area contributed by atoms with Crippen LogP contribution in [0.1, 0.15) is 18.0 Å². The number of benzene rings is 1. The van der Waals surface area contributed by atoms with Gasteiger partial charge in [-0.05, 0) is 18.6 Å². The lowest BCUT2D eigenvalue weighted by Crippen LogP contribution is -2.29. The molecule has 1 atom stereocenters. The predicted octanol–water partition coefficient (Wildman–Crippen LogP) is 1.81. The molecule has 0 aliphatic carbocycles. The maximum absolute atomic E-state index is 11.2. The van der Waals surface area contributed by atoms with E-state index in [-0.39, 0.29) is 11.9 Å². The van der Waals surface area contributed by atoms with Gasteiger partial charge in [-0.2, -0.15) is 0 Å². The minimum absolute atomic E-state index is 0.0265. The molecule has 0 saturated carbocycles. The summed E-state index contributed by atoms with van der Waals surface area (Å²) >= 11 is 0. The van der Waals surface area contributed by atoms with E-state index in [1.807, 2.05) is 30.3 Å². The molecule has 1 aliphatic rings. The summed E-state index contributed by atoms with van der Waals surface area (Å²) in [5.41, 5.74) is 1.03. The fourth-order valence-electron chi connectivity index (χ4n) is 1.75. The van der Waals surface area contributed by atoms with Crippen molar-refractivity contribution in [2.45, 2.75) is 12.5 Å². The second-order valence-electron chi connectivity index (χ2n) is 3.44. The largest absolute Gasteiger partial charge is 0.496 e. The molecular formula is C12H13NO2. The third-order valence-corrected chi connectivity index (χ3v) is 2.47. The first kappa shape index (κ1) is 9.77. The summed E-state index contributed by atoms with van der Waals surface area (Å²) in [5, 5.41) is 2.90. The molecule has 15 heavy (non-hydrogen) atoms. The van der Waals surface area contributed by atoms with E-state index in [2.05, 4.69) is 5.32 Å². The van der Waals surface area contributed by atoms with E-state index in [4.69, 9.17) is 4.74 Å². The van der Waals surface area contributed by atoms with Crippen molar-refractivity contribution >= 4 is 5.91 Å². The number of para-hydroxylation sites is 1. The summed E-state index contributed by atoms with van der Waals surface area (Å²) in [6.45, 7) is 0. The van der Waals surface area contributed by atoms with Crippen molar-refractivity contribution in [2.75, 3.05) is 7.11 Å². The Labute approximate surface area is 88.8 Å². The molecule has 1 amide bonds. The zero-order valence-corrected chi connectivity index (χ0v) is 8.57. The molecule has 78 valence electrons. The van der Waals surface area contributed by atoms with Gasteiger partial charge in [0.25, 0.3) is 0 Å². The van der Waals surface area contributed by atoms with Crippen LogP contribution < -0.4 is 10.1 Å². The van der Waals surface area contributed by atoms with Gasteiger partial charge in [-0.25, -0.2) is 0 Å². The molecule has 0 bridgehead atoms. The number of rotatable bonds is 2. The molecule has 1 aromatic carbocycles. The molecule has 0 radical (unpaired) electrons. The number of ether oxygens (including phenoxy) is 1. The van der Waals surface area contributed by atoms with Crippen LogP contribution in [-0.2, 0) is 4.79 Å². The fraction of sp³-hybridized carbons (Fsp3) is 0.250. The van der Waals surface area contributed by atoms with Crippen LogP contribution in [0.2, 0.25) is 0 Å². The van der Waals surface area contributed by atoms with Crippen molar-refractivity contribution in [1.29, 1.82) is 0 Å². The summed E-state index contributed by atoms with van der Waals surface area (Å²) in [6.07, 6.45) is 4.26. The lowest BCUT2D eigenvalue weighted by atomic mass is 10.0. The topological polar surface area (TPSA) is 38.3 Å². The molecule has 0 aromatic heterocycles. The smallest absolute Gasteiger partial charge is 0.244 e. The number of hydrogen-bond donors (Lipinski definition) is 1. The summed E-state index contributed by atoms with van der Waals surface area (Å²) in [4.78, 5) is 11.2. The van der Waals surface area contributed by atoms with Gasteiger partial charge >= 0.3 is 0 Å². The fourth-order valence-corrected chi connectivity index (χ4v) is 1.75. The molecule has 0 fully saturated rings. The zero-order chi connectivity index (χ0) is 10.7. The summed E-state index contributed by atoms with van der Waals surface area (Å²) in [5.74, 6) is 0.773. The zero-order valence-electron chi connectivity index (χ0n) is 8.57. The Hall–Kier alpha value is -1.77. The molecule has 1 aromatic rings. The maximum Gasteiger partial charge on any atom is 0.244 e.